The van der Waals surface area contributed by atoms with Gasteiger partial charge in [-0.2, -0.15) is 0 Å². The van der Waals surface area contributed by atoms with Gasteiger partial charge in [0.05, 0.1) is 17.6 Å². The van der Waals surface area contributed by atoms with Crippen LogP contribution in [0, 0.1) is 5.41 Å². The summed E-state index contributed by atoms with van der Waals surface area (Å²) in [7, 11) is 5.74. The number of hydrogen-bond donors (Lipinski definition) is 0. The SMILES string of the molecule is [B]c1ccc2c(c1)nc(CC(C)(C)C)n2CCOC(F)(F)F. The number of fused-ring (bicyclic) bond motifs is 1. The van der Waals surface area contributed by atoms with Gasteiger partial charge in [-0.1, -0.05) is 32.3 Å². The van der Waals surface area contributed by atoms with Crippen molar-refractivity contribution in [3.63, 3.8) is 0 Å². The number of hydrogen-bond acceptors (Lipinski definition) is 2. The van der Waals surface area contributed by atoms with Crippen molar-refractivity contribution >= 4 is 24.3 Å². The molecule has 0 fully saturated rings. The second-order valence-electron chi connectivity index (χ2n) is 6.46. The lowest BCUT2D eigenvalue weighted by Gasteiger charge is -2.19. The predicted octanol–water partition coefficient (Wildman–Crippen LogP) is 2.96. The van der Waals surface area contributed by atoms with Gasteiger partial charge >= 0.3 is 6.36 Å². The van der Waals surface area contributed by atoms with E-state index in [0.29, 0.717) is 17.4 Å². The van der Waals surface area contributed by atoms with Crippen LogP contribution in [0.3, 0.4) is 0 Å². The van der Waals surface area contributed by atoms with Crippen molar-refractivity contribution in [3.8, 4) is 0 Å². The van der Waals surface area contributed by atoms with E-state index in [1.807, 2.05) is 0 Å². The Kier molecular flexibility index (Phi) is 4.56. The first-order valence-corrected chi connectivity index (χ1v) is 7.00. The highest BCUT2D eigenvalue weighted by Gasteiger charge is 2.29. The Balaban J connectivity index is 2.33. The van der Waals surface area contributed by atoms with Gasteiger partial charge in [-0.15, -0.1) is 13.2 Å². The standard InChI is InChI=1S/C15H18BF3N2O/c1-14(2,3)9-13-20-11-8-10(16)4-5-12(11)21(13)6-7-22-15(17,18)19/h4-5,8H,6-7,9H2,1-3H3. The summed E-state index contributed by atoms with van der Waals surface area (Å²) in [6.07, 6.45) is -3.97. The molecule has 1 aromatic carbocycles. The summed E-state index contributed by atoms with van der Waals surface area (Å²) in [6.45, 7) is 5.80. The molecule has 7 heteroatoms. The molecule has 0 spiro atoms. The van der Waals surface area contributed by atoms with Crippen LogP contribution < -0.4 is 5.46 Å². The number of rotatable bonds is 4. The molecular formula is C15H18BF3N2O. The first kappa shape index (κ1) is 16.9. The molecule has 0 amide bonds. The average Bonchev–Trinajstić information content (AvgIpc) is 2.62. The summed E-state index contributed by atoms with van der Waals surface area (Å²) in [5.74, 6) is 0.735. The van der Waals surface area contributed by atoms with E-state index in [-0.39, 0.29) is 12.0 Å². The van der Waals surface area contributed by atoms with E-state index in [0.717, 1.165) is 11.3 Å². The fraction of sp³-hybridized carbons (Fsp3) is 0.533. The first-order valence-electron chi connectivity index (χ1n) is 7.00. The highest BCUT2D eigenvalue weighted by molar-refractivity contribution is 6.33. The van der Waals surface area contributed by atoms with Crippen molar-refractivity contribution in [3.05, 3.63) is 24.0 Å². The number of nitrogens with zero attached hydrogens (tertiary/aromatic N) is 2. The van der Waals surface area contributed by atoms with Gasteiger partial charge in [0.15, 0.2) is 0 Å². The number of halogens is 3. The van der Waals surface area contributed by atoms with Crippen molar-refractivity contribution in [1.29, 1.82) is 0 Å². The maximum absolute atomic E-state index is 12.2. The zero-order chi connectivity index (χ0) is 16.5. The minimum Gasteiger partial charge on any atom is -0.326 e. The molecule has 2 radical (unpaired) electrons. The molecule has 0 atom stereocenters. The minimum absolute atomic E-state index is 0.0322. The monoisotopic (exact) mass is 310 g/mol. The van der Waals surface area contributed by atoms with Crippen LogP contribution in [0.1, 0.15) is 26.6 Å². The summed E-state index contributed by atoms with van der Waals surface area (Å²) < 4.78 is 42.1. The molecule has 0 unspecified atom stereocenters. The van der Waals surface area contributed by atoms with Gasteiger partial charge in [-0.25, -0.2) is 4.98 Å². The average molecular weight is 310 g/mol. The van der Waals surface area contributed by atoms with Crippen LogP contribution in [0.15, 0.2) is 18.2 Å². The van der Waals surface area contributed by atoms with Gasteiger partial charge in [-0.3, -0.25) is 4.74 Å². The van der Waals surface area contributed by atoms with Crippen LogP contribution in [0.25, 0.3) is 11.0 Å². The van der Waals surface area contributed by atoms with Gasteiger partial charge in [0.2, 0.25) is 0 Å². The van der Waals surface area contributed by atoms with E-state index in [4.69, 9.17) is 7.85 Å². The largest absolute Gasteiger partial charge is 0.522 e. The van der Waals surface area contributed by atoms with E-state index in [2.05, 4.69) is 30.5 Å². The molecule has 118 valence electrons. The lowest BCUT2D eigenvalue weighted by molar-refractivity contribution is -0.325. The second-order valence-corrected chi connectivity index (χ2v) is 6.46. The van der Waals surface area contributed by atoms with Crippen LogP contribution in [-0.4, -0.2) is 30.4 Å². The maximum Gasteiger partial charge on any atom is 0.522 e. The van der Waals surface area contributed by atoms with E-state index < -0.39 is 13.0 Å². The summed E-state index contributed by atoms with van der Waals surface area (Å²) in [5, 5.41) is 0. The first-order chi connectivity index (χ1) is 10.1. The maximum atomic E-state index is 12.2. The number of imidazole rings is 1. The van der Waals surface area contributed by atoms with Crippen LogP contribution >= 0.6 is 0 Å². The fourth-order valence-corrected chi connectivity index (χ4v) is 2.31. The zero-order valence-electron chi connectivity index (χ0n) is 12.9. The highest BCUT2D eigenvalue weighted by Crippen LogP contribution is 2.24. The molecule has 0 saturated carbocycles. The molecule has 1 aromatic heterocycles. The number of aromatic nitrogens is 2. The molecule has 3 nitrogen and oxygen atoms in total. The van der Waals surface area contributed by atoms with Gasteiger partial charge in [0.1, 0.15) is 13.7 Å². The molecular weight excluding hydrogens is 292 g/mol. The van der Waals surface area contributed by atoms with E-state index >= 15 is 0 Å². The van der Waals surface area contributed by atoms with Crippen molar-refractivity contribution in [1.82, 2.24) is 9.55 Å². The highest BCUT2D eigenvalue weighted by atomic mass is 19.4. The van der Waals surface area contributed by atoms with Crippen LogP contribution in [-0.2, 0) is 17.7 Å². The smallest absolute Gasteiger partial charge is 0.326 e. The second kappa shape index (κ2) is 5.95. The molecule has 22 heavy (non-hydrogen) atoms. The van der Waals surface area contributed by atoms with Gasteiger partial charge < -0.3 is 4.57 Å². The molecule has 2 aromatic rings. The van der Waals surface area contributed by atoms with Crippen molar-refractivity contribution in [2.24, 2.45) is 5.41 Å². The van der Waals surface area contributed by atoms with Gasteiger partial charge in [0, 0.05) is 13.0 Å². The molecule has 2 rings (SSSR count). The molecule has 0 aliphatic rings. The fourth-order valence-electron chi connectivity index (χ4n) is 2.31. The molecule has 0 bridgehead atoms. The lowest BCUT2D eigenvalue weighted by Crippen LogP contribution is -2.20. The topological polar surface area (TPSA) is 27.1 Å². The molecule has 0 saturated heterocycles. The summed E-state index contributed by atoms with van der Waals surface area (Å²) in [5.41, 5.74) is 1.99. The third-order valence-electron chi connectivity index (χ3n) is 3.12. The Morgan fingerprint density at radius 1 is 1.23 bits per heavy atom. The predicted molar refractivity (Wildman–Crippen MR) is 80.3 cm³/mol. The van der Waals surface area contributed by atoms with E-state index in [9.17, 15) is 13.2 Å². The summed E-state index contributed by atoms with van der Waals surface area (Å²) in [6, 6.07) is 5.21. The van der Waals surface area contributed by atoms with Crippen molar-refractivity contribution < 1.29 is 17.9 Å². The van der Waals surface area contributed by atoms with Crippen molar-refractivity contribution in [2.75, 3.05) is 6.61 Å². The van der Waals surface area contributed by atoms with E-state index in [1.54, 1.807) is 22.8 Å². The Labute approximate surface area is 128 Å². The van der Waals surface area contributed by atoms with Crippen LogP contribution in [0.5, 0.6) is 0 Å². The molecule has 0 aliphatic heterocycles. The third kappa shape index (κ3) is 4.50. The summed E-state index contributed by atoms with van der Waals surface area (Å²) in [4.78, 5) is 4.52. The Hall–Kier alpha value is -1.50. The minimum atomic E-state index is -4.62. The van der Waals surface area contributed by atoms with Crippen LogP contribution in [0.2, 0.25) is 0 Å². The quantitative estimate of drug-likeness (QED) is 0.812. The Morgan fingerprint density at radius 3 is 2.50 bits per heavy atom. The third-order valence-corrected chi connectivity index (χ3v) is 3.12. The number of ether oxygens (including phenoxy) is 1. The lowest BCUT2D eigenvalue weighted by atomic mass is 9.92. The van der Waals surface area contributed by atoms with Gasteiger partial charge in [0.25, 0.3) is 0 Å². The Bertz CT molecular complexity index is 659. The van der Waals surface area contributed by atoms with Crippen molar-refractivity contribution in [2.45, 2.75) is 40.1 Å². The molecule has 0 N–H and O–H groups in total. The molecule has 1 heterocycles. The molecule has 0 aliphatic carbocycles. The number of benzene rings is 1. The zero-order valence-corrected chi connectivity index (χ0v) is 12.9. The summed E-state index contributed by atoms with van der Waals surface area (Å²) >= 11 is 0. The number of alkyl halides is 3. The van der Waals surface area contributed by atoms with Gasteiger partial charge in [-0.05, 0) is 17.5 Å². The van der Waals surface area contributed by atoms with E-state index in [1.165, 1.54) is 0 Å². The Morgan fingerprint density at radius 2 is 1.91 bits per heavy atom. The normalized spacial score (nSPS) is 13.0. The van der Waals surface area contributed by atoms with Crippen LogP contribution in [0.4, 0.5) is 13.2 Å².